The summed E-state index contributed by atoms with van der Waals surface area (Å²) >= 11 is 1.53. The molecule has 0 spiro atoms. The van der Waals surface area contributed by atoms with Crippen molar-refractivity contribution in [2.45, 2.75) is 58.5 Å². The van der Waals surface area contributed by atoms with E-state index in [9.17, 15) is 14.4 Å². The summed E-state index contributed by atoms with van der Waals surface area (Å²) in [7, 11) is 0. The van der Waals surface area contributed by atoms with Gasteiger partial charge in [-0.15, -0.1) is 11.3 Å². The van der Waals surface area contributed by atoms with Gasteiger partial charge in [0.25, 0.3) is 11.5 Å². The number of thiophene rings is 1. The van der Waals surface area contributed by atoms with Gasteiger partial charge in [0.1, 0.15) is 10.4 Å². The standard InChI is InChI=1S/C21H29N5O4S/c1-21(2,3)30-20(29)25-26-9-7-12(8-10-26)11-22-18(28)16-23-17(27)15-13-5-4-6-14(13)31-19(15)24-16/h12H,4-11H2,1-3H3,(H,22,28)(H,25,29)(H,23,24,27). The van der Waals surface area contributed by atoms with Gasteiger partial charge in [-0.3, -0.25) is 15.0 Å². The molecule has 9 nitrogen and oxygen atoms in total. The highest BCUT2D eigenvalue weighted by Gasteiger charge is 2.25. The zero-order chi connectivity index (χ0) is 22.2. The fourth-order valence-corrected chi connectivity index (χ4v) is 5.37. The van der Waals surface area contributed by atoms with Crippen LogP contribution < -0.4 is 16.3 Å². The summed E-state index contributed by atoms with van der Waals surface area (Å²) in [6, 6.07) is 0. The van der Waals surface area contributed by atoms with E-state index in [1.165, 1.54) is 16.2 Å². The SMILES string of the molecule is CC(C)(C)OC(=O)NN1CCC(CNC(=O)c2nc3sc4c(c3c(=O)[nH]2)CCC4)CC1. The summed E-state index contributed by atoms with van der Waals surface area (Å²) < 4.78 is 5.27. The number of hydrogen-bond donors (Lipinski definition) is 3. The summed E-state index contributed by atoms with van der Waals surface area (Å²) in [6.45, 7) is 7.34. The molecule has 2 aromatic rings. The van der Waals surface area contributed by atoms with Crippen LogP contribution in [-0.2, 0) is 17.6 Å². The molecule has 2 amide bonds. The maximum absolute atomic E-state index is 12.6. The topological polar surface area (TPSA) is 116 Å². The van der Waals surface area contributed by atoms with Crippen LogP contribution in [0.5, 0.6) is 0 Å². The molecule has 168 valence electrons. The molecule has 3 N–H and O–H groups in total. The van der Waals surface area contributed by atoms with Crippen molar-refractivity contribution < 1.29 is 14.3 Å². The minimum absolute atomic E-state index is 0.0708. The molecule has 3 heterocycles. The van der Waals surface area contributed by atoms with E-state index < -0.39 is 11.7 Å². The van der Waals surface area contributed by atoms with Gasteiger partial charge in [0.05, 0.1) is 5.39 Å². The fraction of sp³-hybridized carbons (Fsp3) is 0.619. The largest absolute Gasteiger partial charge is 0.443 e. The molecule has 0 saturated carbocycles. The Balaban J connectivity index is 1.28. The lowest BCUT2D eigenvalue weighted by Crippen LogP contribution is -2.49. The van der Waals surface area contributed by atoms with Crippen LogP contribution in [0.1, 0.15) is 61.1 Å². The molecule has 1 saturated heterocycles. The Bertz CT molecular complexity index is 1050. The fourth-order valence-electron chi connectivity index (χ4n) is 4.11. The number of fused-ring (bicyclic) bond motifs is 3. The van der Waals surface area contributed by atoms with Crippen LogP contribution >= 0.6 is 11.3 Å². The monoisotopic (exact) mass is 447 g/mol. The van der Waals surface area contributed by atoms with Crippen LogP contribution in [0.25, 0.3) is 10.2 Å². The van der Waals surface area contributed by atoms with Crippen LogP contribution in [0.3, 0.4) is 0 Å². The van der Waals surface area contributed by atoms with Crippen molar-refractivity contribution in [2.75, 3.05) is 19.6 Å². The average Bonchev–Trinajstić information content (AvgIpc) is 3.26. The predicted octanol–water partition coefficient (Wildman–Crippen LogP) is 2.35. The molecule has 10 heteroatoms. The van der Waals surface area contributed by atoms with E-state index in [1.807, 2.05) is 25.8 Å². The number of carbonyl (C=O) groups excluding carboxylic acids is 2. The van der Waals surface area contributed by atoms with Gasteiger partial charge in [-0.05, 0) is 64.4 Å². The molecule has 4 rings (SSSR count). The van der Waals surface area contributed by atoms with Crippen molar-refractivity contribution in [1.82, 2.24) is 25.7 Å². The summed E-state index contributed by atoms with van der Waals surface area (Å²) in [6.07, 6.45) is 4.17. The number of amides is 2. The minimum atomic E-state index is -0.534. The Kier molecular flexibility index (Phi) is 6.02. The van der Waals surface area contributed by atoms with Crippen LogP contribution in [0, 0.1) is 5.92 Å². The third-order valence-corrected chi connectivity index (χ3v) is 6.79. The highest BCUT2D eigenvalue weighted by atomic mass is 32.1. The molecule has 2 aromatic heterocycles. The third kappa shape index (κ3) is 5.07. The van der Waals surface area contributed by atoms with Crippen molar-refractivity contribution in [3.63, 3.8) is 0 Å². The third-order valence-electron chi connectivity index (χ3n) is 5.60. The lowest BCUT2D eigenvalue weighted by Gasteiger charge is -2.32. The molecule has 0 unspecified atom stereocenters. The number of nitrogens with one attached hydrogen (secondary N) is 3. The predicted molar refractivity (Wildman–Crippen MR) is 118 cm³/mol. The van der Waals surface area contributed by atoms with E-state index in [-0.39, 0.29) is 17.3 Å². The number of piperidine rings is 1. The zero-order valence-electron chi connectivity index (χ0n) is 18.2. The first-order valence-electron chi connectivity index (χ1n) is 10.8. The first-order valence-corrected chi connectivity index (χ1v) is 11.6. The number of nitrogens with zero attached hydrogens (tertiary/aromatic N) is 2. The molecule has 1 aliphatic carbocycles. The van der Waals surface area contributed by atoms with E-state index in [0.717, 1.165) is 37.7 Å². The van der Waals surface area contributed by atoms with E-state index in [0.29, 0.717) is 35.8 Å². The Morgan fingerprint density at radius 3 is 2.71 bits per heavy atom. The van der Waals surface area contributed by atoms with Gasteiger partial charge in [-0.1, -0.05) is 0 Å². The zero-order valence-corrected chi connectivity index (χ0v) is 19.0. The quantitative estimate of drug-likeness (QED) is 0.663. The van der Waals surface area contributed by atoms with E-state index in [2.05, 4.69) is 20.7 Å². The van der Waals surface area contributed by atoms with Gasteiger partial charge < -0.3 is 15.0 Å². The molecule has 31 heavy (non-hydrogen) atoms. The van der Waals surface area contributed by atoms with Crippen molar-refractivity contribution in [1.29, 1.82) is 0 Å². The van der Waals surface area contributed by atoms with Crippen LogP contribution in [0.2, 0.25) is 0 Å². The summed E-state index contributed by atoms with van der Waals surface area (Å²) in [5.74, 6) is 0.00458. The highest BCUT2D eigenvalue weighted by molar-refractivity contribution is 7.18. The number of aromatic nitrogens is 2. The second-order valence-corrected chi connectivity index (χ2v) is 10.3. The van der Waals surface area contributed by atoms with Crippen molar-refractivity contribution >= 4 is 33.6 Å². The molecule has 2 aliphatic rings. The molecule has 0 atom stereocenters. The van der Waals surface area contributed by atoms with Crippen molar-refractivity contribution in [3.05, 3.63) is 26.6 Å². The second kappa shape index (κ2) is 8.58. The normalized spacial score (nSPS) is 17.5. The van der Waals surface area contributed by atoms with Gasteiger partial charge >= 0.3 is 6.09 Å². The first-order chi connectivity index (χ1) is 14.7. The summed E-state index contributed by atoms with van der Waals surface area (Å²) in [5, 5.41) is 5.39. The summed E-state index contributed by atoms with van der Waals surface area (Å²) in [4.78, 5) is 45.9. The molecular weight excluding hydrogens is 418 g/mol. The van der Waals surface area contributed by atoms with E-state index >= 15 is 0 Å². The van der Waals surface area contributed by atoms with Crippen LogP contribution in [-0.4, -0.2) is 52.2 Å². The average molecular weight is 448 g/mol. The van der Waals surface area contributed by atoms with E-state index in [4.69, 9.17) is 4.74 Å². The number of hydrazine groups is 1. The Hall–Kier alpha value is -2.46. The Morgan fingerprint density at radius 1 is 1.26 bits per heavy atom. The maximum Gasteiger partial charge on any atom is 0.422 e. The molecule has 1 aliphatic heterocycles. The highest BCUT2D eigenvalue weighted by Crippen LogP contribution is 2.34. The van der Waals surface area contributed by atoms with Gasteiger partial charge in [0.2, 0.25) is 5.82 Å². The first kappa shape index (κ1) is 21.8. The molecule has 1 fully saturated rings. The Labute approximate surface area is 184 Å². The maximum atomic E-state index is 12.6. The number of carbonyl (C=O) groups is 2. The van der Waals surface area contributed by atoms with Gasteiger partial charge in [0, 0.05) is 24.5 Å². The minimum Gasteiger partial charge on any atom is -0.443 e. The molecule has 0 aromatic carbocycles. The second-order valence-electron chi connectivity index (χ2n) is 9.21. The lowest BCUT2D eigenvalue weighted by molar-refractivity contribution is 0.0266. The number of H-pyrrole nitrogens is 1. The number of ether oxygens (including phenoxy) is 1. The Morgan fingerprint density at radius 2 is 2.00 bits per heavy atom. The number of aromatic amines is 1. The van der Waals surface area contributed by atoms with Gasteiger partial charge in [-0.25, -0.2) is 14.8 Å². The van der Waals surface area contributed by atoms with Crippen LogP contribution in [0.4, 0.5) is 4.79 Å². The smallest absolute Gasteiger partial charge is 0.422 e. The van der Waals surface area contributed by atoms with Gasteiger partial charge in [-0.2, -0.15) is 0 Å². The number of aryl methyl sites for hydroxylation is 2. The van der Waals surface area contributed by atoms with E-state index in [1.54, 1.807) is 0 Å². The van der Waals surface area contributed by atoms with Gasteiger partial charge in [0.15, 0.2) is 0 Å². The lowest BCUT2D eigenvalue weighted by atomic mass is 9.98. The molecule has 0 bridgehead atoms. The number of rotatable bonds is 4. The molecular formula is C21H29N5O4S. The molecule has 0 radical (unpaired) electrons. The van der Waals surface area contributed by atoms with Crippen molar-refractivity contribution in [2.24, 2.45) is 5.92 Å². The van der Waals surface area contributed by atoms with Crippen LogP contribution in [0.15, 0.2) is 4.79 Å². The van der Waals surface area contributed by atoms with Crippen molar-refractivity contribution in [3.8, 4) is 0 Å². The number of hydrogen-bond acceptors (Lipinski definition) is 7. The summed E-state index contributed by atoms with van der Waals surface area (Å²) in [5.41, 5.74) is 3.11.